The quantitative estimate of drug-likeness (QED) is 0.534. The summed E-state index contributed by atoms with van der Waals surface area (Å²) in [6.45, 7) is 1.77. The Morgan fingerprint density at radius 3 is 2.05 bits per heavy atom. The van der Waals surface area contributed by atoms with Crippen LogP contribution >= 0.6 is 11.6 Å². The van der Waals surface area contributed by atoms with E-state index in [1.54, 1.807) is 6.92 Å². The number of benzene rings is 1. The van der Waals surface area contributed by atoms with E-state index >= 15 is 0 Å². The van der Waals surface area contributed by atoms with Crippen LogP contribution < -0.4 is 0 Å². The lowest BCUT2D eigenvalue weighted by Gasteiger charge is -2.16. The van der Waals surface area contributed by atoms with Gasteiger partial charge in [-0.15, -0.1) is 0 Å². The number of hydrogen-bond acceptors (Lipinski definition) is 2. The minimum atomic E-state index is -2.30. The first kappa shape index (κ1) is 15.7. The largest absolute Gasteiger partial charge is 0.382 e. The average Bonchev–Trinajstić information content (AvgIpc) is 2.84. The van der Waals surface area contributed by atoms with Gasteiger partial charge in [0.1, 0.15) is 6.10 Å². The predicted octanol–water partition coefficient (Wildman–Crippen LogP) is 3.33. The van der Waals surface area contributed by atoms with Gasteiger partial charge in [-0.25, -0.2) is 22.0 Å². The third-order valence-electron chi connectivity index (χ3n) is 2.91. The van der Waals surface area contributed by atoms with Crippen LogP contribution in [0.2, 0.25) is 5.02 Å². The molecule has 0 saturated carbocycles. The summed E-state index contributed by atoms with van der Waals surface area (Å²) in [6.07, 6.45) is -1.06. The Balaban J connectivity index is 2.69. The maximum absolute atomic E-state index is 13.7. The minimum Gasteiger partial charge on any atom is -0.382 e. The second-order valence-corrected chi connectivity index (χ2v) is 4.49. The molecule has 1 aromatic heterocycles. The Kier molecular flexibility index (Phi) is 4.20. The van der Waals surface area contributed by atoms with Crippen molar-refractivity contribution in [2.45, 2.75) is 19.6 Å². The molecule has 0 aliphatic carbocycles. The van der Waals surface area contributed by atoms with E-state index in [1.165, 1.54) is 0 Å². The van der Waals surface area contributed by atoms with Crippen molar-refractivity contribution in [3.05, 3.63) is 51.6 Å². The fraction of sp³-hybridized carbons (Fsp3) is 0.250. The maximum Gasteiger partial charge on any atom is 0.200 e. The summed E-state index contributed by atoms with van der Waals surface area (Å²) in [6, 6.07) is 0. The molecule has 0 spiro atoms. The summed E-state index contributed by atoms with van der Waals surface area (Å²) in [5.41, 5.74) is -1.63. The highest BCUT2D eigenvalue weighted by Crippen LogP contribution is 2.34. The summed E-state index contributed by atoms with van der Waals surface area (Å²) in [5, 5.41) is 13.6. The molecular weight excluding hydrogens is 319 g/mol. The van der Waals surface area contributed by atoms with Gasteiger partial charge in [-0.2, -0.15) is 5.10 Å². The van der Waals surface area contributed by atoms with E-state index in [9.17, 15) is 27.1 Å². The van der Waals surface area contributed by atoms with E-state index in [1.807, 2.05) is 0 Å². The topological polar surface area (TPSA) is 38.0 Å². The first-order valence-electron chi connectivity index (χ1n) is 5.71. The summed E-state index contributed by atoms with van der Waals surface area (Å²) in [5.74, 6) is -10.8. The third-order valence-corrected chi connectivity index (χ3v) is 3.20. The lowest BCUT2D eigenvalue weighted by atomic mass is 10.0. The number of aryl methyl sites for hydroxylation is 1. The Bertz CT molecular complexity index is 674. The Hall–Kier alpha value is -1.67. The molecule has 114 valence electrons. The van der Waals surface area contributed by atoms with Crippen LogP contribution in [0.3, 0.4) is 0 Å². The van der Waals surface area contributed by atoms with E-state index in [-0.39, 0.29) is 17.3 Å². The normalized spacial score (nSPS) is 12.8. The fourth-order valence-electron chi connectivity index (χ4n) is 1.89. The zero-order valence-electron chi connectivity index (χ0n) is 10.5. The summed E-state index contributed by atoms with van der Waals surface area (Å²) >= 11 is 5.73. The van der Waals surface area contributed by atoms with Crippen molar-refractivity contribution in [2.24, 2.45) is 0 Å². The number of hydrogen-bond donors (Lipinski definition) is 1. The van der Waals surface area contributed by atoms with Gasteiger partial charge in [0.25, 0.3) is 0 Å². The highest BCUT2D eigenvalue weighted by atomic mass is 35.5. The van der Waals surface area contributed by atoms with Crippen molar-refractivity contribution in [1.82, 2.24) is 9.78 Å². The van der Waals surface area contributed by atoms with Gasteiger partial charge in [-0.1, -0.05) is 11.6 Å². The van der Waals surface area contributed by atoms with Gasteiger partial charge in [0.15, 0.2) is 23.3 Å². The number of nitrogens with zero attached hydrogens (tertiary/aromatic N) is 2. The van der Waals surface area contributed by atoms with E-state index in [0.29, 0.717) is 0 Å². The lowest BCUT2D eigenvalue weighted by Crippen LogP contribution is -2.16. The fourth-order valence-corrected chi connectivity index (χ4v) is 2.14. The Morgan fingerprint density at radius 2 is 1.57 bits per heavy atom. The number of halogens is 6. The molecule has 1 N–H and O–H groups in total. The van der Waals surface area contributed by atoms with Crippen molar-refractivity contribution in [3.8, 4) is 0 Å². The number of aromatic nitrogens is 2. The minimum absolute atomic E-state index is 0.159. The molecule has 0 radical (unpaired) electrons. The lowest BCUT2D eigenvalue weighted by molar-refractivity contribution is 0.192. The van der Waals surface area contributed by atoms with E-state index in [4.69, 9.17) is 11.6 Å². The molecule has 1 atom stereocenters. The summed E-state index contributed by atoms with van der Waals surface area (Å²) < 4.78 is 67.7. The summed E-state index contributed by atoms with van der Waals surface area (Å²) in [4.78, 5) is 0. The van der Waals surface area contributed by atoms with Gasteiger partial charge in [-0.3, -0.25) is 4.68 Å². The van der Waals surface area contributed by atoms with Crippen LogP contribution in [-0.4, -0.2) is 14.9 Å². The molecule has 0 aliphatic heterocycles. The van der Waals surface area contributed by atoms with Crippen molar-refractivity contribution < 1.29 is 27.1 Å². The van der Waals surface area contributed by atoms with Crippen molar-refractivity contribution in [3.63, 3.8) is 0 Å². The van der Waals surface area contributed by atoms with Gasteiger partial charge in [0, 0.05) is 6.54 Å². The van der Waals surface area contributed by atoms with Crippen molar-refractivity contribution in [2.75, 3.05) is 0 Å². The van der Waals surface area contributed by atoms with Gasteiger partial charge in [0.2, 0.25) is 5.82 Å². The SMILES string of the molecule is CCn1ncc(Cl)c1C(O)c1c(F)c(F)c(F)c(F)c1F. The van der Waals surface area contributed by atoms with Crippen LogP contribution in [-0.2, 0) is 6.54 Å². The monoisotopic (exact) mass is 326 g/mol. The average molecular weight is 327 g/mol. The van der Waals surface area contributed by atoms with Crippen LogP contribution in [0.1, 0.15) is 24.3 Å². The van der Waals surface area contributed by atoms with Gasteiger partial charge in [-0.05, 0) is 6.92 Å². The van der Waals surface area contributed by atoms with Gasteiger partial charge in [0.05, 0.1) is 22.5 Å². The molecule has 0 saturated heterocycles. The number of aliphatic hydroxyl groups is 1. The Morgan fingerprint density at radius 1 is 1.10 bits per heavy atom. The molecule has 1 unspecified atom stereocenters. The molecule has 1 aromatic carbocycles. The van der Waals surface area contributed by atoms with Crippen molar-refractivity contribution >= 4 is 11.6 Å². The molecule has 0 aliphatic rings. The predicted molar refractivity (Wildman–Crippen MR) is 63.2 cm³/mol. The van der Waals surface area contributed by atoms with E-state index in [0.717, 1.165) is 10.9 Å². The maximum atomic E-state index is 13.7. The van der Waals surface area contributed by atoms with Crippen LogP contribution in [0.25, 0.3) is 0 Å². The highest BCUT2D eigenvalue weighted by molar-refractivity contribution is 6.31. The molecule has 0 bridgehead atoms. The molecule has 0 fully saturated rings. The zero-order valence-corrected chi connectivity index (χ0v) is 11.2. The molecule has 2 aromatic rings. The number of aliphatic hydroxyl groups excluding tert-OH is 1. The molecule has 9 heteroatoms. The summed E-state index contributed by atoms with van der Waals surface area (Å²) in [7, 11) is 0. The first-order chi connectivity index (χ1) is 9.81. The zero-order chi connectivity index (χ0) is 15.9. The smallest absolute Gasteiger partial charge is 0.200 e. The third kappa shape index (κ3) is 2.38. The second kappa shape index (κ2) is 5.61. The van der Waals surface area contributed by atoms with E-state index < -0.39 is 40.8 Å². The van der Waals surface area contributed by atoms with Gasteiger partial charge >= 0.3 is 0 Å². The van der Waals surface area contributed by atoms with Crippen LogP contribution in [0, 0.1) is 29.1 Å². The van der Waals surface area contributed by atoms with E-state index in [2.05, 4.69) is 5.10 Å². The highest BCUT2D eigenvalue weighted by Gasteiger charge is 2.32. The van der Waals surface area contributed by atoms with Crippen LogP contribution in [0.15, 0.2) is 6.20 Å². The van der Waals surface area contributed by atoms with Crippen LogP contribution in [0.4, 0.5) is 22.0 Å². The first-order valence-corrected chi connectivity index (χ1v) is 6.09. The molecular formula is C12H8ClF5N2O. The van der Waals surface area contributed by atoms with Crippen molar-refractivity contribution in [1.29, 1.82) is 0 Å². The standard InChI is InChI=1S/C12H8ClF5N2O/c1-2-20-11(4(13)3-19-20)12(21)5-6(14)8(16)10(18)9(17)7(5)15/h3,12,21H,2H2,1H3. The molecule has 1 heterocycles. The molecule has 3 nitrogen and oxygen atoms in total. The molecule has 2 rings (SSSR count). The van der Waals surface area contributed by atoms with Crippen LogP contribution in [0.5, 0.6) is 0 Å². The van der Waals surface area contributed by atoms with Gasteiger partial charge < -0.3 is 5.11 Å². The second-order valence-electron chi connectivity index (χ2n) is 4.08. The molecule has 0 amide bonds. The molecule has 21 heavy (non-hydrogen) atoms. The Labute approximate surface area is 120 Å². The number of rotatable bonds is 3.